The molecule has 0 aliphatic rings. The molecule has 16 heavy (non-hydrogen) atoms. The number of imidazole rings is 1. The Labute approximate surface area is 98.1 Å². The number of aromatic amines is 1. The van der Waals surface area contributed by atoms with Gasteiger partial charge in [0.05, 0.1) is 6.54 Å². The van der Waals surface area contributed by atoms with E-state index in [1.807, 2.05) is 0 Å². The highest BCUT2D eigenvalue weighted by molar-refractivity contribution is 9.10. The number of aryl methyl sites for hydroxylation is 1. The lowest BCUT2D eigenvalue weighted by atomic mass is 10.5. The van der Waals surface area contributed by atoms with Crippen molar-refractivity contribution < 1.29 is 0 Å². The summed E-state index contributed by atoms with van der Waals surface area (Å²) in [7, 11) is 1.53. The molecule has 0 fully saturated rings. The van der Waals surface area contributed by atoms with Crippen molar-refractivity contribution in [2.45, 2.75) is 6.54 Å². The van der Waals surface area contributed by atoms with Crippen molar-refractivity contribution in [3.8, 4) is 12.3 Å². The van der Waals surface area contributed by atoms with Gasteiger partial charge in [0.2, 0.25) is 0 Å². The first-order valence-electron chi connectivity index (χ1n) is 4.34. The Kier molecular flexibility index (Phi) is 2.44. The number of hydrogen-bond donors (Lipinski definition) is 1. The van der Waals surface area contributed by atoms with E-state index in [0.29, 0.717) is 10.4 Å². The molecule has 82 valence electrons. The quantitative estimate of drug-likeness (QED) is 0.583. The van der Waals surface area contributed by atoms with Crippen molar-refractivity contribution in [3.05, 3.63) is 25.6 Å². The largest absolute Gasteiger partial charge is 0.329 e. The fourth-order valence-corrected chi connectivity index (χ4v) is 1.91. The number of H-pyrrole nitrogens is 1. The van der Waals surface area contributed by atoms with Gasteiger partial charge in [-0.05, 0) is 15.9 Å². The van der Waals surface area contributed by atoms with E-state index in [1.54, 1.807) is 0 Å². The van der Waals surface area contributed by atoms with Crippen molar-refractivity contribution in [2.24, 2.45) is 7.05 Å². The summed E-state index contributed by atoms with van der Waals surface area (Å²) >= 11 is 3.19. The Bertz CT molecular complexity index is 716. The van der Waals surface area contributed by atoms with Crippen LogP contribution >= 0.6 is 15.9 Å². The molecule has 0 saturated carbocycles. The van der Waals surface area contributed by atoms with Gasteiger partial charge < -0.3 is 4.57 Å². The van der Waals surface area contributed by atoms with Crippen LogP contribution in [0.5, 0.6) is 0 Å². The van der Waals surface area contributed by atoms with E-state index in [2.05, 4.69) is 31.8 Å². The topological polar surface area (TPSA) is 72.7 Å². The molecule has 0 bridgehead atoms. The summed E-state index contributed by atoms with van der Waals surface area (Å²) in [6, 6.07) is 0. The molecule has 2 aromatic rings. The van der Waals surface area contributed by atoms with Crippen LogP contribution in [0.2, 0.25) is 0 Å². The van der Waals surface area contributed by atoms with Crippen LogP contribution in [-0.2, 0) is 13.6 Å². The minimum absolute atomic E-state index is 0.207. The van der Waals surface area contributed by atoms with Crippen LogP contribution in [0, 0.1) is 12.3 Å². The van der Waals surface area contributed by atoms with Gasteiger partial charge in [-0.25, -0.2) is 9.78 Å². The summed E-state index contributed by atoms with van der Waals surface area (Å²) in [5.41, 5.74) is -0.412. The van der Waals surface area contributed by atoms with Gasteiger partial charge >= 0.3 is 5.69 Å². The predicted molar refractivity (Wildman–Crippen MR) is 62.1 cm³/mol. The molecule has 0 aromatic carbocycles. The van der Waals surface area contributed by atoms with E-state index >= 15 is 0 Å². The zero-order valence-electron chi connectivity index (χ0n) is 8.32. The molecular formula is C9H7BrN4O2. The van der Waals surface area contributed by atoms with Crippen LogP contribution in [0.3, 0.4) is 0 Å². The van der Waals surface area contributed by atoms with Gasteiger partial charge in [-0.2, -0.15) is 0 Å². The molecule has 0 saturated heterocycles. The molecule has 0 atom stereocenters. The molecule has 0 amide bonds. The Morgan fingerprint density at radius 1 is 1.56 bits per heavy atom. The maximum atomic E-state index is 11.6. The van der Waals surface area contributed by atoms with E-state index in [4.69, 9.17) is 6.42 Å². The molecule has 1 N–H and O–H groups in total. The highest BCUT2D eigenvalue weighted by atomic mass is 79.9. The van der Waals surface area contributed by atoms with Crippen LogP contribution in [-0.4, -0.2) is 19.1 Å². The van der Waals surface area contributed by atoms with Crippen molar-refractivity contribution >= 4 is 27.1 Å². The smallest absolute Gasteiger partial charge is 0.301 e. The predicted octanol–water partition coefficient (Wildman–Crippen LogP) is -0.181. The first-order valence-corrected chi connectivity index (χ1v) is 5.14. The normalized spacial score (nSPS) is 10.6. The van der Waals surface area contributed by atoms with Crippen molar-refractivity contribution in [1.82, 2.24) is 19.1 Å². The average molecular weight is 283 g/mol. The van der Waals surface area contributed by atoms with Crippen molar-refractivity contribution in [1.29, 1.82) is 0 Å². The number of hydrogen-bond acceptors (Lipinski definition) is 3. The maximum absolute atomic E-state index is 11.6. The third kappa shape index (κ3) is 1.39. The second kappa shape index (κ2) is 3.64. The van der Waals surface area contributed by atoms with Gasteiger partial charge in [0, 0.05) is 7.05 Å². The third-order valence-electron chi connectivity index (χ3n) is 2.21. The van der Waals surface area contributed by atoms with Gasteiger partial charge in [-0.15, -0.1) is 6.42 Å². The monoisotopic (exact) mass is 282 g/mol. The standard InChI is InChI=1S/C9H7BrN4O2/c1-3-4-14-5-6(11-8(14)10)13(2)9(16)12-7(5)15/h1H,4H2,2H3,(H,12,15,16). The molecule has 0 aliphatic carbocycles. The molecular weight excluding hydrogens is 276 g/mol. The number of nitrogens with zero attached hydrogens (tertiary/aromatic N) is 3. The number of nitrogens with one attached hydrogen (secondary N) is 1. The minimum Gasteiger partial charge on any atom is -0.301 e. The van der Waals surface area contributed by atoms with Crippen molar-refractivity contribution in [2.75, 3.05) is 0 Å². The molecule has 0 radical (unpaired) electrons. The maximum Gasteiger partial charge on any atom is 0.329 e. The van der Waals surface area contributed by atoms with Crippen LogP contribution in [0.15, 0.2) is 14.3 Å². The van der Waals surface area contributed by atoms with E-state index in [1.165, 1.54) is 16.2 Å². The molecule has 2 rings (SSSR count). The van der Waals surface area contributed by atoms with Crippen LogP contribution in [0.1, 0.15) is 0 Å². The summed E-state index contributed by atoms with van der Waals surface area (Å²) in [5, 5.41) is 0. The fourth-order valence-electron chi connectivity index (χ4n) is 1.44. The lowest BCUT2D eigenvalue weighted by molar-refractivity contribution is 0.819. The number of rotatable bonds is 1. The zero-order valence-corrected chi connectivity index (χ0v) is 9.91. The molecule has 0 unspecified atom stereocenters. The number of terminal acetylenes is 1. The average Bonchev–Trinajstić information content (AvgIpc) is 2.54. The highest BCUT2D eigenvalue weighted by Crippen LogP contribution is 2.14. The highest BCUT2D eigenvalue weighted by Gasteiger charge is 2.14. The fraction of sp³-hybridized carbons (Fsp3) is 0.222. The second-order valence-corrected chi connectivity index (χ2v) is 3.87. The van der Waals surface area contributed by atoms with Crippen LogP contribution in [0.25, 0.3) is 11.2 Å². The molecule has 6 nitrogen and oxygen atoms in total. The van der Waals surface area contributed by atoms with E-state index in [0.717, 1.165) is 0 Å². The van der Waals surface area contributed by atoms with Gasteiger partial charge in [0.1, 0.15) is 0 Å². The second-order valence-electron chi connectivity index (χ2n) is 3.16. The van der Waals surface area contributed by atoms with E-state index < -0.39 is 11.2 Å². The van der Waals surface area contributed by atoms with Gasteiger partial charge in [-0.3, -0.25) is 14.3 Å². The Morgan fingerprint density at radius 2 is 2.25 bits per heavy atom. The summed E-state index contributed by atoms with van der Waals surface area (Å²) in [5.74, 6) is 2.42. The van der Waals surface area contributed by atoms with Gasteiger partial charge in [0.15, 0.2) is 15.9 Å². The minimum atomic E-state index is -0.504. The number of fused-ring (bicyclic) bond motifs is 1. The van der Waals surface area contributed by atoms with E-state index in [9.17, 15) is 9.59 Å². The lowest BCUT2D eigenvalue weighted by Gasteiger charge is -2.00. The Balaban J connectivity index is 3.02. The summed E-state index contributed by atoms with van der Waals surface area (Å²) < 4.78 is 3.20. The SMILES string of the molecule is C#CCn1c(Br)nc2c1c(=O)[nH]c(=O)n2C. The van der Waals surface area contributed by atoms with Gasteiger partial charge in [-0.1, -0.05) is 5.92 Å². The van der Waals surface area contributed by atoms with Crippen LogP contribution in [0.4, 0.5) is 0 Å². The molecule has 0 aliphatic heterocycles. The molecule has 2 aromatic heterocycles. The lowest BCUT2D eigenvalue weighted by Crippen LogP contribution is -2.29. The molecule has 2 heterocycles. The van der Waals surface area contributed by atoms with E-state index in [-0.39, 0.29) is 12.1 Å². The summed E-state index contributed by atoms with van der Waals surface area (Å²) in [4.78, 5) is 29.3. The molecule has 0 spiro atoms. The Morgan fingerprint density at radius 3 is 2.88 bits per heavy atom. The van der Waals surface area contributed by atoms with Crippen molar-refractivity contribution in [3.63, 3.8) is 0 Å². The van der Waals surface area contributed by atoms with Gasteiger partial charge in [0.25, 0.3) is 5.56 Å². The Hall–Kier alpha value is -1.81. The molecule has 7 heteroatoms. The third-order valence-corrected chi connectivity index (χ3v) is 2.82. The first kappa shape index (κ1) is 10.7. The number of halogens is 1. The summed E-state index contributed by atoms with van der Waals surface area (Å²) in [6.45, 7) is 0.207. The van der Waals surface area contributed by atoms with Crippen LogP contribution < -0.4 is 11.2 Å². The number of aromatic nitrogens is 4. The zero-order chi connectivity index (χ0) is 11.9. The summed E-state index contributed by atoms with van der Waals surface area (Å²) in [6.07, 6.45) is 5.20. The first-order chi connectivity index (χ1) is 7.56.